The molecule has 1 amide bonds. The highest BCUT2D eigenvalue weighted by molar-refractivity contribution is 5.93. The van der Waals surface area contributed by atoms with E-state index >= 15 is 0 Å². The summed E-state index contributed by atoms with van der Waals surface area (Å²) in [5.74, 6) is 0.867. The van der Waals surface area contributed by atoms with Crippen LogP contribution in [0.3, 0.4) is 0 Å². The van der Waals surface area contributed by atoms with Crippen molar-refractivity contribution in [1.29, 1.82) is 0 Å². The summed E-state index contributed by atoms with van der Waals surface area (Å²) in [5, 5.41) is 4.81. The fourth-order valence-electron chi connectivity index (χ4n) is 4.65. The lowest BCUT2D eigenvalue weighted by molar-refractivity contribution is 0.0818. The molecule has 0 radical (unpaired) electrons. The van der Waals surface area contributed by atoms with Crippen molar-refractivity contribution in [2.45, 2.75) is 51.6 Å². The number of carbonyl (C=O) groups is 1. The van der Waals surface area contributed by atoms with Crippen molar-refractivity contribution in [3.63, 3.8) is 0 Å². The fraction of sp³-hybridized carbons (Fsp3) is 0.565. The molecule has 1 aliphatic carbocycles. The van der Waals surface area contributed by atoms with E-state index in [0.717, 1.165) is 31.7 Å². The monoisotopic (exact) mass is 380 g/mol. The normalized spacial score (nSPS) is 20.8. The number of nitrogens with zero attached hydrogens (tertiary/aromatic N) is 4. The maximum absolute atomic E-state index is 12.8. The van der Waals surface area contributed by atoms with Gasteiger partial charge in [0.05, 0.1) is 6.54 Å². The number of fused-ring (bicyclic) bond motifs is 1. The average molecular weight is 381 g/mol. The van der Waals surface area contributed by atoms with E-state index in [1.807, 2.05) is 20.2 Å². The van der Waals surface area contributed by atoms with Crippen LogP contribution < -0.4 is 0 Å². The van der Waals surface area contributed by atoms with Crippen molar-refractivity contribution in [3.05, 3.63) is 52.8 Å². The van der Waals surface area contributed by atoms with E-state index in [1.165, 1.54) is 42.8 Å². The number of hydrogen-bond donors (Lipinski definition) is 0. The van der Waals surface area contributed by atoms with Crippen LogP contribution in [0.1, 0.15) is 53.5 Å². The molecule has 4 rings (SSSR count). The molecule has 28 heavy (non-hydrogen) atoms. The fourth-order valence-corrected chi connectivity index (χ4v) is 4.65. The second-order valence-electron chi connectivity index (χ2n) is 8.73. The quantitative estimate of drug-likeness (QED) is 0.818. The van der Waals surface area contributed by atoms with E-state index in [2.05, 4.69) is 40.8 Å². The molecule has 1 aliphatic heterocycles. The minimum atomic E-state index is 0.0241. The first-order valence-electron chi connectivity index (χ1n) is 10.6. The van der Waals surface area contributed by atoms with Gasteiger partial charge in [-0.25, -0.2) is 0 Å². The van der Waals surface area contributed by atoms with Gasteiger partial charge in [0, 0.05) is 31.4 Å². The molecule has 5 nitrogen and oxygen atoms in total. The van der Waals surface area contributed by atoms with Gasteiger partial charge in [-0.2, -0.15) is 5.10 Å². The van der Waals surface area contributed by atoms with Crippen molar-refractivity contribution in [3.8, 4) is 0 Å². The number of benzene rings is 1. The third kappa shape index (κ3) is 3.86. The van der Waals surface area contributed by atoms with E-state index in [4.69, 9.17) is 5.10 Å². The summed E-state index contributed by atoms with van der Waals surface area (Å²) < 4.78 is 2.08. The van der Waals surface area contributed by atoms with Gasteiger partial charge in [0.2, 0.25) is 0 Å². The largest absolute Gasteiger partial charge is 0.343 e. The molecule has 1 fully saturated rings. The summed E-state index contributed by atoms with van der Waals surface area (Å²) in [4.78, 5) is 17.2. The van der Waals surface area contributed by atoms with E-state index in [9.17, 15) is 4.79 Å². The first kappa shape index (κ1) is 19.2. The van der Waals surface area contributed by atoms with E-state index < -0.39 is 0 Å². The van der Waals surface area contributed by atoms with E-state index in [1.54, 1.807) is 4.90 Å². The molecule has 0 bridgehead atoms. The number of amides is 1. The van der Waals surface area contributed by atoms with Gasteiger partial charge in [0.1, 0.15) is 0 Å². The average Bonchev–Trinajstić information content (AvgIpc) is 3.06. The predicted molar refractivity (Wildman–Crippen MR) is 112 cm³/mol. The number of hydrogen-bond acceptors (Lipinski definition) is 3. The highest BCUT2D eigenvalue weighted by atomic mass is 16.2. The van der Waals surface area contributed by atoms with Gasteiger partial charge in [0.15, 0.2) is 5.69 Å². The summed E-state index contributed by atoms with van der Waals surface area (Å²) in [6.07, 6.45) is 5.71. The number of carbonyl (C=O) groups excluding carboxylic acids is 1. The van der Waals surface area contributed by atoms with Gasteiger partial charge in [0.25, 0.3) is 5.91 Å². The molecular formula is C23H32N4O. The Hall–Kier alpha value is -2.14. The zero-order valence-electron chi connectivity index (χ0n) is 17.4. The highest BCUT2D eigenvalue weighted by Crippen LogP contribution is 2.30. The smallest absolute Gasteiger partial charge is 0.274 e. The van der Waals surface area contributed by atoms with Gasteiger partial charge in [-0.05, 0) is 56.7 Å². The summed E-state index contributed by atoms with van der Waals surface area (Å²) in [5.41, 5.74) is 4.33. The van der Waals surface area contributed by atoms with Crippen molar-refractivity contribution in [2.24, 2.45) is 5.92 Å². The van der Waals surface area contributed by atoms with Crippen LogP contribution in [0, 0.1) is 5.92 Å². The molecule has 1 aromatic carbocycles. The number of likely N-dealkylation sites (tertiary alicyclic amines) is 1. The Morgan fingerprint density at radius 3 is 2.54 bits per heavy atom. The van der Waals surface area contributed by atoms with Crippen LogP contribution in [0.2, 0.25) is 0 Å². The first-order chi connectivity index (χ1) is 13.5. The first-order valence-corrected chi connectivity index (χ1v) is 10.6. The zero-order chi connectivity index (χ0) is 19.7. The Kier molecular flexibility index (Phi) is 5.54. The van der Waals surface area contributed by atoms with E-state index in [0.29, 0.717) is 11.7 Å². The maximum atomic E-state index is 12.8. The molecule has 0 unspecified atom stereocenters. The van der Waals surface area contributed by atoms with Crippen LogP contribution in [-0.2, 0) is 19.4 Å². The topological polar surface area (TPSA) is 41.4 Å². The molecule has 5 heteroatoms. The Morgan fingerprint density at radius 2 is 1.86 bits per heavy atom. The van der Waals surface area contributed by atoms with Crippen molar-refractivity contribution < 1.29 is 4.79 Å². The van der Waals surface area contributed by atoms with Crippen molar-refractivity contribution >= 4 is 5.91 Å². The van der Waals surface area contributed by atoms with Gasteiger partial charge in [-0.15, -0.1) is 0 Å². The molecule has 1 saturated heterocycles. The molecule has 1 aromatic heterocycles. The summed E-state index contributed by atoms with van der Waals surface area (Å²) in [6.45, 7) is 5.47. The SMILES string of the molecule is CC1CCN([C@@H]2CCc3c(c(C(=O)N(C)C)nn3Cc3ccccc3)C2)CC1. The third-order valence-electron chi connectivity index (χ3n) is 6.44. The van der Waals surface area contributed by atoms with Crippen LogP contribution >= 0.6 is 0 Å². The number of rotatable bonds is 4. The molecule has 2 aliphatic rings. The van der Waals surface area contributed by atoms with E-state index in [-0.39, 0.29) is 5.91 Å². The highest BCUT2D eigenvalue weighted by Gasteiger charge is 2.33. The lowest BCUT2D eigenvalue weighted by Crippen LogP contribution is -2.44. The lowest BCUT2D eigenvalue weighted by Gasteiger charge is -2.38. The molecule has 0 saturated carbocycles. The maximum Gasteiger partial charge on any atom is 0.274 e. The van der Waals surface area contributed by atoms with Gasteiger partial charge in [-0.3, -0.25) is 9.48 Å². The molecule has 2 aromatic rings. The van der Waals surface area contributed by atoms with Crippen LogP contribution in [0.5, 0.6) is 0 Å². The van der Waals surface area contributed by atoms with Gasteiger partial charge >= 0.3 is 0 Å². The molecule has 2 heterocycles. The second kappa shape index (κ2) is 8.08. The van der Waals surface area contributed by atoms with Crippen LogP contribution in [0.15, 0.2) is 30.3 Å². The van der Waals surface area contributed by atoms with Crippen molar-refractivity contribution in [2.75, 3.05) is 27.2 Å². The third-order valence-corrected chi connectivity index (χ3v) is 6.44. The molecule has 0 N–H and O–H groups in total. The van der Waals surface area contributed by atoms with Crippen LogP contribution in [0.4, 0.5) is 0 Å². The molecular weight excluding hydrogens is 348 g/mol. The minimum Gasteiger partial charge on any atom is -0.343 e. The Balaban J connectivity index is 1.62. The Labute approximate surface area is 168 Å². The summed E-state index contributed by atoms with van der Waals surface area (Å²) in [6, 6.07) is 11.0. The second-order valence-corrected chi connectivity index (χ2v) is 8.73. The summed E-state index contributed by atoms with van der Waals surface area (Å²) >= 11 is 0. The standard InChI is InChI=1S/C23H32N4O/c1-17-11-13-26(14-12-17)19-9-10-21-20(15-19)22(23(28)25(2)3)24-27(21)16-18-7-5-4-6-8-18/h4-8,17,19H,9-16H2,1-3H3/t19-/m1/s1. The Bertz CT molecular complexity index is 819. The van der Waals surface area contributed by atoms with Crippen LogP contribution in [-0.4, -0.2) is 58.7 Å². The minimum absolute atomic E-state index is 0.0241. The molecule has 150 valence electrons. The van der Waals surface area contributed by atoms with Crippen LogP contribution in [0.25, 0.3) is 0 Å². The van der Waals surface area contributed by atoms with Crippen molar-refractivity contribution in [1.82, 2.24) is 19.6 Å². The molecule has 0 spiro atoms. The van der Waals surface area contributed by atoms with Gasteiger partial charge in [-0.1, -0.05) is 37.3 Å². The molecule has 1 atom stereocenters. The lowest BCUT2D eigenvalue weighted by atomic mass is 9.88. The number of piperidine rings is 1. The predicted octanol–water partition coefficient (Wildman–Crippen LogP) is 3.22. The Morgan fingerprint density at radius 1 is 1.14 bits per heavy atom. The van der Waals surface area contributed by atoms with Gasteiger partial charge < -0.3 is 9.80 Å². The zero-order valence-corrected chi connectivity index (χ0v) is 17.4. The number of aromatic nitrogens is 2. The summed E-state index contributed by atoms with van der Waals surface area (Å²) in [7, 11) is 3.63.